The van der Waals surface area contributed by atoms with Gasteiger partial charge >= 0.3 is 11.6 Å². The summed E-state index contributed by atoms with van der Waals surface area (Å²) >= 11 is 0. The van der Waals surface area contributed by atoms with Gasteiger partial charge in [0.15, 0.2) is 29.5 Å². The second kappa shape index (κ2) is 15.8. The monoisotopic (exact) mass is 692 g/mol. The van der Waals surface area contributed by atoms with Gasteiger partial charge in [0.2, 0.25) is 8.32 Å². The van der Waals surface area contributed by atoms with Crippen molar-refractivity contribution in [2.45, 2.75) is 118 Å². The third-order valence-corrected chi connectivity index (χ3v) is 14.4. The minimum absolute atomic E-state index is 0.103. The van der Waals surface area contributed by atoms with Gasteiger partial charge in [0.1, 0.15) is 23.7 Å². The van der Waals surface area contributed by atoms with Gasteiger partial charge in [-0.05, 0) is 74.4 Å². The highest BCUT2D eigenvalue weighted by molar-refractivity contribution is 6.73. The minimum atomic E-state index is -2.05. The molecule has 1 saturated heterocycles. The maximum atomic E-state index is 13.4. The van der Waals surface area contributed by atoms with Crippen LogP contribution in [0.25, 0.3) is 11.0 Å². The Kier molecular flexibility index (Phi) is 11.8. The van der Waals surface area contributed by atoms with Gasteiger partial charge in [-0.3, -0.25) is 0 Å². The van der Waals surface area contributed by atoms with Crippen molar-refractivity contribution in [2.24, 2.45) is 5.41 Å². The summed E-state index contributed by atoms with van der Waals surface area (Å²) < 4.78 is 43.9. The summed E-state index contributed by atoms with van der Waals surface area (Å²) in [5, 5.41) is 0.476. The number of ether oxygens (including phenoxy) is 5. The molecule has 1 fully saturated rings. The minimum Gasteiger partial charge on any atom is -0.544 e. The van der Waals surface area contributed by atoms with Gasteiger partial charge in [-0.15, -0.1) is 0 Å². The third kappa shape index (κ3) is 8.35. The molecule has 5 rings (SSSR count). The molecule has 1 aliphatic heterocycles. The van der Waals surface area contributed by atoms with Gasteiger partial charge in [-0.25, -0.2) is 9.59 Å². The lowest BCUT2D eigenvalue weighted by atomic mass is 9.78. The van der Waals surface area contributed by atoms with Crippen molar-refractivity contribution in [3.05, 3.63) is 81.1 Å². The molecule has 266 valence electrons. The fourth-order valence-electron chi connectivity index (χ4n) is 6.76. The quantitative estimate of drug-likeness (QED) is 0.0929. The number of hydrogen-bond acceptors (Lipinski definition) is 9. The van der Waals surface area contributed by atoms with Crippen molar-refractivity contribution in [2.75, 3.05) is 13.2 Å². The molecule has 1 aromatic heterocycles. The van der Waals surface area contributed by atoms with E-state index in [2.05, 4.69) is 34.6 Å². The van der Waals surface area contributed by atoms with Crippen LogP contribution in [-0.4, -0.2) is 39.9 Å². The van der Waals surface area contributed by atoms with Gasteiger partial charge < -0.3 is 32.5 Å². The first kappa shape index (κ1) is 36.5. The number of carbonyl (C=O) groups is 1. The number of hydrogen-bond donors (Lipinski definition) is 0. The van der Waals surface area contributed by atoms with Crippen molar-refractivity contribution >= 4 is 25.3 Å². The lowest BCUT2D eigenvalue weighted by Gasteiger charge is -2.42. The zero-order chi connectivity index (χ0) is 35.2. The number of benzene rings is 2. The number of carbonyl (C=O) groups excluding carboxylic acids is 1. The normalized spacial score (nSPS) is 19.4. The lowest BCUT2D eigenvalue weighted by molar-refractivity contribution is -0.153. The summed E-state index contributed by atoms with van der Waals surface area (Å²) in [6.45, 7) is 15.6. The van der Waals surface area contributed by atoms with E-state index in [9.17, 15) is 9.59 Å². The standard InChI is InChI=1S/C39H52O9Si/c1-8-42-37(40)33-35(44-25-27-17-13-12-14-18-27)28-20-21-29(26(5)34(28)47-38(33)41)45-30-23-39(6,7)24-31(48-49(9-2,10-3)11-4)36(30)46-32-19-15-16-22-43-32/h12-14,17-18,20-21,30,32H,8-11,15-16,19,22-25H2,1-7H3/t30-,32?/m0/s1. The van der Waals surface area contributed by atoms with Crippen molar-refractivity contribution in [1.29, 1.82) is 0 Å². The van der Waals surface area contributed by atoms with Gasteiger partial charge in [-0.1, -0.05) is 65.0 Å². The summed E-state index contributed by atoms with van der Waals surface area (Å²) in [4.78, 5) is 26.4. The van der Waals surface area contributed by atoms with Gasteiger partial charge in [-0.2, -0.15) is 0 Å². The molecule has 9 nitrogen and oxygen atoms in total. The molecule has 0 amide bonds. The molecule has 2 aromatic carbocycles. The van der Waals surface area contributed by atoms with Crippen LogP contribution in [0.5, 0.6) is 11.5 Å². The molecule has 2 aliphatic rings. The predicted octanol–water partition coefficient (Wildman–Crippen LogP) is 9.20. The molecule has 10 heteroatoms. The van der Waals surface area contributed by atoms with Crippen molar-refractivity contribution < 1.29 is 37.3 Å². The first-order valence-electron chi connectivity index (χ1n) is 17.8. The maximum Gasteiger partial charge on any atom is 0.354 e. The van der Waals surface area contributed by atoms with Gasteiger partial charge in [0, 0.05) is 18.4 Å². The number of allylic oxidation sites excluding steroid dienone is 1. The molecule has 2 heterocycles. The molecule has 0 N–H and O–H groups in total. The maximum absolute atomic E-state index is 13.4. The first-order chi connectivity index (χ1) is 23.5. The van der Waals surface area contributed by atoms with Crippen LogP contribution >= 0.6 is 0 Å². The Morgan fingerprint density at radius 1 is 0.980 bits per heavy atom. The summed E-state index contributed by atoms with van der Waals surface area (Å²) in [7, 11) is -2.05. The molecular formula is C39H52O9Si. The number of esters is 1. The predicted molar refractivity (Wildman–Crippen MR) is 191 cm³/mol. The zero-order valence-electron chi connectivity index (χ0n) is 30.1. The van der Waals surface area contributed by atoms with E-state index in [0.29, 0.717) is 35.5 Å². The SMILES string of the molecule is CCOC(=O)c1c(OCc2ccccc2)c2ccc(O[C@H]3CC(C)(C)CC(O[Si](CC)(CC)CC)=C3OC3CCCCO3)c(C)c2oc1=O. The molecule has 0 spiro atoms. The van der Waals surface area contributed by atoms with Crippen molar-refractivity contribution in [3.63, 3.8) is 0 Å². The van der Waals surface area contributed by atoms with Crippen molar-refractivity contribution in [3.8, 4) is 11.5 Å². The van der Waals surface area contributed by atoms with Crippen LogP contribution in [-0.2, 0) is 25.2 Å². The Bertz CT molecular complexity index is 1680. The van der Waals surface area contributed by atoms with E-state index >= 15 is 0 Å². The van der Waals surface area contributed by atoms with Crippen LogP contribution in [0.15, 0.2) is 63.2 Å². The topological polar surface area (TPSA) is 103 Å². The smallest absolute Gasteiger partial charge is 0.354 e. The van der Waals surface area contributed by atoms with Crippen LogP contribution in [0.2, 0.25) is 18.1 Å². The van der Waals surface area contributed by atoms with E-state index in [1.807, 2.05) is 43.3 Å². The fraction of sp³-hybridized carbons (Fsp3) is 0.538. The van der Waals surface area contributed by atoms with Crippen LogP contribution in [0.4, 0.5) is 0 Å². The van der Waals surface area contributed by atoms with Crippen LogP contribution in [0, 0.1) is 12.3 Å². The Morgan fingerprint density at radius 3 is 2.37 bits per heavy atom. The summed E-state index contributed by atoms with van der Waals surface area (Å²) in [6, 6.07) is 16.2. The van der Waals surface area contributed by atoms with E-state index in [4.69, 9.17) is 32.5 Å². The van der Waals surface area contributed by atoms with Crippen LogP contribution in [0.1, 0.15) is 95.1 Å². The second-order valence-electron chi connectivity index (χ2n) is 13.9. The number of rotatable bonds is 14. The highest BCUT2D eigenvalue weighted by Gasteiger charge is 2.43. The molecule has 49 heavy (non-hydrogen) atoms. The summed E-state index contributed by atoms with van der Waals surface area (Å²) in [5.41, 5.74) is 0.545. The molecule has 1 aliphatic carbocycles. The highest BCUT2D eigenvalue weighted by Crippen LogP contribution is 2.45. The Labute approximate surface area is 291 Å². The molecule has 0 radical (unpaired) electrons. The lowest BCUT2D eigenvalue weighted by Crippen LogP contribution is -2.42. The van der Waals surface area contributed by atoms with E-state index in [-0.39, 0.29) is 41.8 Å². The third-order valence-electron chi connectivity index (χ3n) is 9.81. The van der Waals surface area contributed by atoms with E-state index in [0.717, 1.165) is 55.1 Å². The van der Waals surface area contributed by atoms with E-state index in [1.54, 1.807) is 13.0 Å². The molecule has 0 bridgehead atoms. The molecule has 0 saturated carbocycles. The zero-order valence-corrected chi connectivity index (χ0v) is 31.1. The number of fused-ring (bicyclic) bond motifs is 1. The Balaban J connectivity index is 1.58. The number of aryl methyl sites for hydroxylation is 1. The Morgan fingerprint density at radius 2 is 1.71 bits per heavy atom. The molecule has 2 atom stereocenters. The molecule has 3 aromatic rings. The summed E-state index contributed by atoms with van der Waals surface area (Å²) in [5.74, 6) is 1.43. The highest BCUT2D eigenvalue weighted by atomic mass is 28.4. The first-order valence-corrected chi connectivity index (χ1v) is 20.4. The van der Waals surface area contributed by atoms with Gasteiger partial charge in [0.05, 0.1) is 18.6 Å². The summed E-state index contributed by atoms with van der Waals surface area (Å²) in [6.07, 6.45) is 3.47. The van der Waals surface area contributed by atoms with Gasteiger partial charge in [0.25, 0.3) is 0 Å². The average molecular weight is 693 g/mol. The Hall–Kier alpha value is -3.76. The van der Waals surface area contributed by atoms with E-state index < -0.39 is 26.0 Å². The fourth-order valence-corrected chi connectivity index (χ4v) is 9.39. The molecule has 1 unspecified atom stereocenters. The van der Waals surface area contributed by atoms with E-state index in [1.165, 1.54) is 0 Å². The van der Waals surface area contributed by atoms with Crippen molar-refractivity contribution in [1.82, 2.24) is 0 Å². The largest absolute Gasteiger partial charge is 0.544 e. The second-order valence-corrected chi connectivity index (χ2v) is 18.5. The molecular weight excluding hydrogens is 641 g/mol. The van der Waals surface area contributed by atoms with Crippen LogP contribution in [0.3, 0.4) is 0 Å². The average Bonchev–Trinajstić information content (AvgIpc) is 3.09. The van der Waals surface area contributed by atoms with Crippen LogP contribution < -0.4 is 15.1 Å².